The zero-order valence-electron chi connectivity index (χ0n) is 11.6. The zero-order valence-corrected chi connectivity index (χ0v) is 11.6. The number of likely N-dealkylation sites (N-methyl/N-ethyl adjacent to an activating group) is 1. The topological polar surface area (TPSA) is 15.3 Å². The smallest absolute Gasteiger partial charge is 0.0248 e. The summed E-state index contributed by atoms with van der Waals surface area (Å²) in [6.45, 7) is 9.21. The maximum absolute atomic E-state index is 3.74. The van der Waals surface area contributed by atoms with Gasteiger partial charge in [0, 0.05) is 12.1 Å². The van der Waals surface area contributed by atoms with E-state index >= 15 is 0 Å². The standard InChI is InChI=1S/C14H30N2/c1-5-10-15-13-9-8-12(6-2)11-14(13)16(4)7-3/h12-15H,5-11H2,1-4H3. The van der Waals surface area contributed by atoms with Crippen molar-refractivity contribution >= 4 is 0 Å². The lowest BCUT2D eigenvalue weighted by molar-refractivity contribution is 0.122. The summed E-state index contributed by atoms with van der Waals surface area (Å²) in [7, 11) is 2.28. The molecule has 0 heterocycles. The van der Waals surface area contributed by atoms with E-state index in [9.17, 15) is 0 Å². The SMILES string of the molecule is CCCNC1CCC(CC)CC1N(C)CC. The van der Waals surface area contributed by atoms with Crippen molar-refractivity contribution in [2.24, 2.45) is 5.92 Å². The van der Waals surface area contributed by atoms with Crippen molar-refractivity contribution in [3.8, 4) is 0 Å². The molecule has 1 fully saturated rings. The van der Waals surface area contributed by atoms with Crippen LogP contribution in [0.3, 0.4) is 0 Å². The highest BCUT2D eigenvalue weighted by Crippen LogP contribution is 2.29. The number of hydrogen-bond donors (Lipinski definition) is 1. The molecule has 0 radical (unpaired) electrons. The number of nitrogens with zero attached hydrogens (tertiary/aromatic N) is 1. The third-order valence-corrected chi connectivity index (χ3v) is 4.22. The molecule has 0 spiro atoms. The molecule has 16 heavy (non-hydrogen) atoms. The first-order valence-corrected chi connectivity index (χ1v) is 7.16. The van der Waals surface area contributed by atoms with Gasteiger partial charge in [0.1, 0.15) is 0 Å². The second kappa shape index (κ2) is 7.29. The van der Waals surface area contributed by atoms with Gasteiger partial charge in [0.15, 0.2) is 0 Å². The minimum Gasteiger partial charge on any atom is -0.312 e. The molecule has 0 aromatic carbocycles. The molecule has 0 bridgehead atoms. The van der Waals surface area contributed by atoms with Crippen molar-refractivity contribution in [1.29, 1.82) is 0 Å². The molecule has 3 atom stereocenters. The minimum absolute atomic E-state index is 0.729. The van der Waals surface area contributed by atoms with Crippen LogP contribution in [0.15, 0.2) is 0 Å². The normalized spacial score (nSPS) is 30.9. The fourth-order valence-corrected chi connectivity index (χ4v) is 2.89. The second-order valence-electron chi connectivity index (χ2n) is 5.29. The minimum atomic E-state index is 0.729. The van der Waals surface area contributed by atoms with E-state index in [1.807, 2.05) is 0 Å². The molecule has 1 aliphatic rings. The Kier molecular flexibility index (Phi) is 6.37. The van der Waals surface area contributed by atoms with Crippen molar-refractivity contribution in [3.05, 3.63) is 0 Å². The molecule has 1 N–H and O–H groups in total. The predicted octanol–water partition coefficient (Wildman–Crippen LogP) is 2.89. The fraction of sp³-hybridized carbons (Fsp3) is 1.00. The van der Waals surface area contributed by atoms with Crippen molar-refractivity contribution in [2.45, 2.75) is 65.0 Å². The third-order valence-electron chi connectivity index (χ3n) is 4.22. The fourth-order valence-electron chi connectivity index (χ4n) is 2.89. The molecular formula is C14H30N2. The summed E-state index contributed by atoms with van der Waals surface area (Å²) in [5, 5.41) is 3.74. The quantitative estimate of drug-likeness (QED) is 0.749. The van der Waals surface area contributed by atoms with Crippen LogP contribution >= 0.6 is 0 Å². The van der Waals surface area contributed by atoms with Crippen LogP contribution in [-0.2, 0) is 0 Å². The highest BCUT2D eigenvalue weighted by Gasteiger charge is 2.31. The molecule has 0 aliphatic heterocycles. The molecule has 0 aromatic rings. The highest BCUT2D eigenvalue weighted by molar-refractivity contribution is 4.89. The molecule has 1 aliphatic carbocycles. The van der Waals surface area contributed by atoms with Gasteiger partial charge in [-0.25, -0.2) is 0 Å². The van der Waals surface area contributed by atoms with Gasteiger partial charge in [-0.05, 0) is 51.7 Å². The van der Waals surface area contributed by atoms with E-state index in [-0.39, 0.29) is 0 Å². The van der Waals surface area contributed by atoms with E-state index in [4.69, 9.17) is 0 Å². The van der Waals surface area contributed by atoms with Crippen LogP contribution in [0.1, 0.15) is 52.9 Å². The van der Waals surface area contributed by atoms with E-state index in [1.165, 1.54) is 45.2 Å². The van der Waals surface area contributed by atoms with Crippen molar-refractivity contribution in [2.75, 3.05) is 20.1 Å². The molecule has 2 nitrogen and oxygen atoms in total. The lowest BCUT2D eigenvalue weighted by Crippen LogP contribution is -2.52. The Morgan fingerprint density at radius 1 is 1.19 bits per heavy atom. The first-order chi connectivity index (χ1) is 7.72. The van der Waals surface area contributed by atoms with E-state index < -0.39 is 0 Å². The largest absolute Gasteiger partial charge is 0.312 e. The van der Waals surface area contributed by atoms with Gasteiger partial charge in [0.2, 0.25) is 0 Å². The Hall–Kier alpha value is -0.0800. The maximum atomic E-state index is 3.74. The highest BCUT2D eigenvalue weighted by atomic mass is 15.2. The Bertz CT molecular complexity index is 182. The molecular weight excluding hydrogens is 196 g/mol. The van der Waals surface area contributed by atoms with Gasteiger partial charge in [-0.3, -0.25) is 0 Å². The first kappa shape index (κ1) is 14.0. The van der Waals surface area contributed by atoms with Crippen LogP contribution in [0.5, 0.6) is 0 Å². The number of nitrogens with one attached hydrogen (secondary N) is 1. The predicted molar refractivity (Wildman–Crippen MR) is 71.8 cm³/mol. The van der Waals surface area contributed by atoms with Gasteiger partial charge < -0.3 is 10.2 Å². The summed E-state index contributed by atoms with van der Waals surface area (Å²) in [6.07, 6.45) is 6.78. The number of rotatable bonds is 6. The van der Waals surface area contributed by atoms with E-state index in [0.29, 0.717) is 0 Å². The number of hydrogen-bond acceptors (Lipinski definition) is 2. The van der Waals surface area contributed by atoms with E-state index in [2.05, 4.69) is 38.0 Å². The van der Waals surface area contributed by atoms with Gasteiger partial charge >= 0.3 is 0 Å². The summed E-state index contributed by atoms with van der Waals surface area (Å²) < 4.78 is 0. The van der Waals surface area contributed by atoms with Gasteiger partial charge in [0.25, 0.3) is 0 Å². The Morgan fingerprint density at radius 2 is 1.94 bits per heavy atom. The Labute approximate surface area is 102 Å². The van der Waals surface area contributed by atoms with Crippen LogP contribution in [0.2, 0.25) is 0 Å². The molecule has 1 saturated carbocycles. The summed E-state index contributed by atoms with van der Waals surface area (Å²) in [5.41, 5.74) is 0. The summed E-state index contributed by atoms with van der Waals surface area (Å²) >= 11 is 0. The van der Waals surface area contributed by atoms with Crippen LogP contribution < -0.4 is 5.32 Å². The van der Waals surface area contributed by atoms with Crippen molar-refractivity contribution < 1.29 is 0 Å². The Morgan fingerprint density at radius 3 is 2.50 bits per heavy atom. The monoisotopic (exact) mass is 226 g/mol. The molecule has 2 heteroatoms. The molecule has 96 valence electrons. The lowest BCUT2D eigenvalue weighted by atomic mass is 9.80. The summed E-state index contributed by atoms with van der Waals surface area (Å²) in [5.74, 6) is 0.957. The van der Waals surface area contributed by atoms with Crippen LogP contribution in [-0.4, -0.2) is 37.1 Å². The maximum Gasteiger partial charge on any atom is 0.0248 e. The summed E-state index contributed by atoms with van der Waals surface area (Å²) in [4.78, 5) is 2.54. The zero-order chi connectivity index (χ0) is 12.0. The molecule has 0 aromatic heterocycles. The molecule has 1 rings (SSSR count). The Balaban J connectivity index is 2.52. The van der Waals surface area contributed by atoms with Crippen LogP contribution in [0.25, 0.3) is 0 Å². The summed E-state index contributed by atoms with van der Waals surface area (Å²) in [6, 6.07) is 1.49. The lowest BCUT2D eigenvalue weighted by Gasteiger charge is -2.41. The first-order valence-electron chi connectivity index (χ1n) is 7.16. The van der Waals surface area contributed by atoms with Crippen molar-refractivity contribution in [1.82, 2.24) is 10.2 Å². The van der Waals surface area contributed by atoms with Gasteiger partial charge in [-0.1, -0.05) is 27.2 Å². The van der Waals surface area contributed by atoms with E-state index in [0.717, 1.165) is 18.0 Å². The average Bonchev–Trinajstić information content (AvgIpc) is 2.35. The van der Waals surface area contributed by atoms with Gasteiger partial charge in [-0.2, -0.15) is 0 Å². The molecule has 0 amide bonds. The molecule has 0 saturated heterocycles. The van der Waals surface area contributed by atoms with Gasteiger partial charge in [-0.15, -0.1) is 0 Å². The van der Waals surface area contributed by atoms with E-state index in [1.54, 1.807) is 0 Å². The van der Waals surface area contributed by atoms with Crippen LogP contribution in [0, 0.1) is 5.92 Å². The molecule has 3 unspecified atom stereocenters. The van der Waals surface area contributed by atoms with Gasteiger partial charge in [0.05, 0.1) is 0 Å². The van der Waals surface area contributed by atoms with Crippen molar-refractivity contribution in [3.63, 3.8) is 0 Å². The third kappa shape index (κ3) is 3.74. The second-order valence-corrected chi connectivity index (χ2v) is 5.29. The average molecular weight is 226 g/mol. The van der Waals surface area contributed by atoms with Crippen LogP contribution in [0.4, 0.5) is 0 Å².